The molecule has 4 rings (SSSR count). The summed E-state index contributed by atoms with van der Waals surface area (Å²) >= 11 is 0. The van der Waals surface area contributed by atoms with Crippen molar-refractivity contribution in [3.8, 4) is 0 Å². The molecule has 110 valence electrons. The lowest BCUT2D eigenvalue weighted by molar-refractivity contribution is -0.142. The number of fused-ring (bicyclic) bond motifs is 2. The number of imide groups is 1. The van der Waals surface area contributed by atoms with Crippen molar-refractivity contribution in [2.75, 3.05) is 0 Å². The molecule has 2 bridgehead atoms. The molecular formula is C17H20N2O2. The standard InChI is InChI=1S/C17H20N2O2/c20-16-10-15(11-4-2-1-3-5-11)17(21)19(16)14-8-12-6-7-13(9-14)18-12/h1-5,12-15,18H,6-10H2. The fourth-order valence-corrected chi connectivity index (χ4v) is 4.22. The Morgan fingerprint density at radius 2 is 1.67 bits per heavy atom. The maximum atomic E-state index is 12.7. The second-order valence-corrected chi connectivity index (χ2v) is 6.53. The van der Waals surface area contributed by atoms with Gasteiger partial charge in [-0.25, -0.2) is 0 Å². The molecule has 1 aromatic carbocycles. The second kappa shape index (κ2) is 4.95. The smallest absolute Gasteiger partial charge is 0.237 e. The quantitative estimate of drug-likeness (QED) is 0.843. The van der Waals surface area contributed by atoms with Crippen LogP contribution in [0.4, 0.5) is 0 Å². The van der Waals surface area contributed by atoms with Crippen LogP contribution in [0.25, 0.3) is 0 Å². The van der Waals surface area contributed by atoms with E-state index < -0.39 is 0 Å². The van der Waals surface area contributed by atoms with Gasteiger partial charge in [-0.15, -0.1) is 0 Å². The number of carbonyl (C=O) groups excluding carboxylic acids is 2. The molecule has 0 saturated carbocycles. The van der Waals surface area contributed by atoms with E-state index in [0.717, 1.165) is 18.4 Å². The molecule has 4 nitrogen and oxygen atoms in total. The van der Waals surface area contributed by atoms with Crippen LogP contribution in [0, 0.1) is 0 Å². The summed E-state index contributed by atoms with van der Waals surface area (Å²) in [4.78, 5) is 26.7. The van der Waals surface area contributed by atoms with Crippen molar-refractivity contribution >= 4 is 11.8 Å². The van der Waals surface area contributed by atoms with Gasteiger partial charge in [-0.1, -0.05) is 30.3 Å². The Labute approximate surface area is 124 Å². The monoisotopic (exact) mass is 284 g/mol. The molecule has 4 heteroatoms. The van der Waals surface area contributed by atoms with Crippen molar-refractivity contribution in [1.29, 1.82) is 0 Å². The van der Waals surface area contributed by atoms with E-state index >= 15 is 0 Å². The van der Waals surface area contributed by atoms with Gasteiger partial charge >= 0.3 is 0 Å². The van der Waals surface area contributed by atoms with Gasteiger partial charge in [0.1, 0.15) is 0 Å². The average Bonchev–Trinajstić information content (AvgIpc) is 2.99. The molecule has 3 fully saturated rings. The number of nitrogens with zero attached hydrogens (tertiary/aromatic N) is 1. The second-order valence-electron chi connectivity index (χ2n) is 6.53. The highest BCUT2D eigenvalue weighted by atomic mass is 16.2. The Morgan fingerprint density at radius 3 is 2.33 bits per heavy atom. The van der Waals surface area contributed by atoms with E-state index in [1.165, 1.54) is 12.8 Å². The highest BCUT2D eigenvalue weighted by molar-refractivity contribution is 6.06. The van der Waals surface area contributed by atoms with Crippen LogP contribution >= 0.6 is 0 Å². The third-order valence-corrected chi connectivity index (χ3v) is 5.20. The zero-order chi connectivity index (χ0) is 14.4. The summed E-state index contributed by atoms with van der Waals surface area (Å²) < 4.78 is 0. The lowest BCUT2D eigenvalue weighted by Crippen LogP contribution is -2.50. The van der Waals surface area contributed by atoms with Gasteiger partial charge in [0.15, 0.2) is 0 Å². The van der Waals surface area contributed by atoms with Crippen LogP contribution < -0.4 is 5.32 Å². The van der Waals surface area contributed by atoms with Gasteiger partial charge in [0.25, 0.3) is 0 Å². The van der Waals surface area contributed by atoms with Crippen LogP contribution in [-0.4, -0.2) is 34.8 Å². The minimum absolute atomic E-state index is 0.0116. The van der Waals surface area contributed by atoms with Crippen molar-refractivity contribution < 1.29 is 9.59 Å². The minimum Gasteiger partial charge on any atom is -0.311 e. The van der Waals surface area contributed by atoms with E-state index in [-0.39, 0.29) is 23.8 Å². The molecule has 0 aliphatic carbocycles. The first-order valence-electron chi connectivity index (χ1n) is 7.89. The van der Waals surface area contributed by atoms with Crippen LogP contribution in [0.1, 0.15) is 43.6 Å². The lowest BCUT2D eigenvalue weighted by atomic mass is 9.96. The number of amides is 2. The largest absolute Gasteiger partial charge is 0.311 e. The number of hydrogen-bond acceptors (Lipinski definition) is 3. The van der Waals surface area contributed by atoms with Gasteiger partial charge in [0, 0.05) is 24.5 Å². The predicted octanol–water partition coefficient (Wildman–Crippen LogP) is 1.81. The fraction of sp³-hybridized carbons (Fsp3) is 0.529. The number of nitrogens with one attached hydrogen (secondary N) is 1. The first-order valence-corrected chi connectivity index (χ1v) is 7.89. The first-order chi connectivity index (χ1) is 10.2. The number of hydrogen-bond donors (Lipinski definition) is 1. The number of carbonyl (C=O) groups is 2. The Balaban J connectivity index is 1.56. The van der Waals surface area contributed by atoms with Crippen LogP contribution in [-0.2, 0) is 9.59 Å². The van der Waals surface area contributed by atoms with E-state index in [2.05, 4.69) is 5.32 Å². The predicted molar refractivity (Wildman–Crippen MR) is 78.6 cm³/mol. The van der Waals surface area contributed by atoms with E-state index in [1.807, 2.05) is 30.3 Å². The van der Waals surface area contributed by atoms with Gasteiger partial charge in [0.05, 0.1) is 5.92 Å². The summed E-state index contributed by atoms with van der Waals surface area (Å²) in [6, 6.07) is 10.8. The summed E-state index contributed by atoms with van der Waals surface area (Å²) in [6.07, 6.45) is 4.55. The van der Waals surface area contributed by atoms with Crippen LogP contribution in [0.3, 0.4) is 0 Å². The van der Waals surface area contributed by atoms with Gasteiger partial charge < -0.3 is 5.32 Å². The molecule has 0 spiro atoms. The van der Waals surface area contributed by atoms with Crippen LogP contribution in [0.15, 0.2) is 30.3 Å². The van der Waals surface area contributed by atoms with E-state index in [9.17, 15) is 9.59 Å². The normalized spacial score (nSPS) is 35.5. The summed E-state index contributed by atoms with van der Waals surface area (Å²) in [5.74, 6) is -0.246. The fourth-order valence-electron chi connectivity index (χ4n) is 4.22. The highest BCUT2D eigenvalue weighted by Crippen LogP contribution is 2.36. The molecule has 3 aliphatic heterocycles. The highest BCUT2D eigenvalue weighted by Gasteiger charge is 2.46. The maximum Gasteiger partial charge on any atom is 0.237 e. The molecule has 1 N–H and O–H groups in total. The van der Waals surface area contributed by atoms with Gasteiger partial charge in [0.2, 0.25) is 11.8 Å². The number of rotatable bonds is 2. The van der Waals surface area contributed by atoms with Crippen molar-refractivity contribution in [3.63, 3.8) is 0 Å². The third-order valence-electron chi connectivity index (χ3n) is 5.20. The average molecular weight is 284 g/mol. The first kappa shape index (κ1) is 13.0. The number of piperidine rings is 1. The molecule has 0 radical (unpaired) electrons. The maximum absolute atomic E-state index is 12.7. The van der Waals surface area contributed by atoms with E-state index in [1.54, 1.807) is 4.90 Å². The summed E-state index contributed by atoms with van der Waals surface area (Å²) in [7, 11) is 0. The van der Waals surface area contributed by atoms with Crippen LogP contribution in [0.2, 0.25) is 0 Å². The molecular weight excluding hydrogens is 264 g/mol. The zero-order valence-electron chi connectivity index (χ0n) is 12.0. The summed E-state index contributed by atoms with van der Waals surface area (Å²) in [5.41, 5.74) is 0.968. The summed E-state index contributed by atoms with van der Waals surface area (Å²) in [6.45, 7) is 0. The molecule has 3 unspecified atom stereocenters. The van der Waals surface area contributed by atoms with Crippen molar-refractivity contribution in [2.45, 2.75) is 56.1 Å². The molecule has 1 aromatic rings. The summed E-state index contributed by atoms with van der Waals surface area (Å²) in [5, 5.41) is 3.57. The molecule has 3 aliphatic rings. The lowest BCUT2D eigenvalue weighted by Gasteiger charge is -2.34. The van der Waals surface area contributed by atoms with Crippen molar-refractivity contribution in [1.82, 2.24) is 10.2 Å². The third kappa shape index (κ3) is 2.18. The van der Waals surface area contributed by atoms with E-state index in [0.29, 0.717) is 18.5 Å². The van der Waals surface area contributed by atoms with Crippen molar-refractivity contribution in [3.05, 3.63) is 35.9 Å². The molecule has 0 aromatic heterocycles. The van der Waals surface area contributed by atoms with Gasteiger partial charge in [-0.05, 0) is 31.2 Å². The topological polar surface area (TPSA) is 49.4 Å². The Hall–Kier alpha value is -1.68. The van der Waals surface area contributed by atoms with Gasteiger partial charge in [-0.3, -0.25) is 14.5 Å². The molecule has 3 heterocycles. The molecule has 21 heavy (non-hydrogen) atoms. The van der Waals surface area contributed by atoms with Gasteiger partial charge in [-0.2, -0.15) is 0 Å². The number of likely N-dealkylation sites (tertiary alicyclic amines) is 1. The Kier molecular flexibility index (Phi) is 3.07. The molecule has 2 amide bonds. The molecule has 3 saturated heterocycles. The van der Waals surface area contributed by atoms with E-state index in [4.69, 9.17) is 0 Å². The zero-order valence-corrected chi connectivity index (χ0v) is 12.0. The van der Waals surface area contributed by atoms with Crippen molar-refractivity contribution in [2.24, 2.45) is 0 Å². The molecule has 3 atom stereocenters. The Morgan fingerprint density at radius 1 is 1.00 bits per heavy atom. The Bertz CT molecular complexity index is 559. The SMILES string of the molecule is O=C1CC(c2ccccc2)C(=O)N1C1CC2CCC(C1)N2. The van der Waals surface area contributed by atoms with Crippen LogP contribution in [0.5, 0.6) is 0 Å². The minimum atomic E-state index is -0.272. The number of benzene rings is 1.